The van der Waals surface area contributed by atoms with Crippen molar-refractivity contribution >= 4 is 32.1 Å². The van der Waals surface area contributed by atoms with Gasteiger partial charge in [-0.1, -0.05) is 0 Å². The topological polar surface area (TPSA) is 34.2 Å². The van der Waals surface area contributed by atoms with E-state index in [1.807, 2.05) is 19.2 Å². The Morgan fingerprint density at radius 3 is 2.95 bits per heavy atom. The van der Waals surface area contributed by atoms with Crippen molar-refractivity contribution in [3.63, 3.8) is 0 Å². The molecule has 0 spiro atoms. The normalized spacial score (nSPS) is 12.7. The van der Waals surface area contributed by atoms with Crippen molar-refractivity contribution in [2.45, 2.75) is 6.04 Å². The van der Waals surface area contributed by atoms with Crippen LogP contribution >= 0.6 is 22.7 Å². The van der Waals surface area contributed by atoms with Crippen LogP contribution < -0.4 is 10.1 Å². The maximum Gasteiger partial charge on any atom is 0.142 e. The van der Waals surface area contributed by atoms with Crippen LogP contribution in [0.3, 0.4) is 0 Å². The standard InChI is InChI=1S/C14H14N2OS2/c1-15-14(13-9(17-2)4-3-6-16-13)12-8-11-10(19-12)5-7-18-11/h3-8,14-15H,1-2H3. The van der Waals surface area contributed by atoms with E-state index < -0.39 is 0 Å². The number of pyridine rings is 1. The average molecular weight is 290 g/mol. The number of ether oxygens (including phenoxy) is 1. The van der Waals surface area contributed by atoms with Crippen LogP contribution in [-0.4, -0.2) is 19.1 Å². The smallest absolute Gasteiger partial charge is 0.142 e. The quantitative estimate of drug-likeness (QED) is 0.796. The third-order valence-corrected chi connectivity index (χ3v) is 5.18. The molecule has 3 aromatic rings. The lowest BCUT2D eigenvalue weighted by Gasteiger charge is -2.16. The van der Waals surface area contributed by atoms with Crippen molar-refractivity contribution in [1.82, 2.24) is 10.3 Å². The molecule has 3 rings (SSSR count). The van der Waals surface area contributed by atoms with Gasteiger partial charge in [-0.2, -0.15) is 0 Å². The third-order valence-electron chi connectivity index (χ3n) is 3.02. The number of thiophene rings is 2. The van der Waals surface area contributed by atoms with Gasteiger partial charge in [0.05, 0.1) is 13.2 Å². The molecule has 1 unspecified atom stereocenters. The largest absolute Gasteiger partial charge is 0.495 e. The van der Waals surface area contributed by atoms with E-state index in [-0.39, 0.29) is 6.04 Å². The molecule has 3 aromatic heterocycles. The molecule has 0 saturated carbocycles. The van der Waals surface area contributed by atoms with Gasteiger partial charge in [-0.15, -0.1) is 22.7 Å². The second-order valence-electron chi connectivity index (χ2n) is 4.11. The number of nitrogens with zero attached hydrogens (tertiary/aromatic N) is 1. The Balaban J connectivity index is 2.06. The molecule has 98 valence electrons. The Hall–Kier alpha value is -1.43. The zero-order valence-electron chi connectivity index (χ0n) is 10.7. The van der Waals surface area contributed by atoms with E-state index >= 15 is 0 Å². The Bertz CT molecular complexity index is 661. The molecule has 0 aliphatic rings. The molecule has 3 nitrogen and oxygen atoms in total. The Morgan fingerprint density at radius 1 is 1.32 bits per heavy atom. The molecule has 1 N–H and O–H groups in total. The minimum Gasteiger partial charge on any atom is -0.495 e. The first kappa shape index (κ1) is 12.6. The lowest BCUT2D eigenvalue weighted by Crippen LogP contribution is -2.18. The summed E-state index contributed by atoms with van der Waals surface area (Å²) in [6.07, 6.45) is 1.80. The first-order valence-electron chi connectivity index (χ1n) is 5.96. The molecular weight excluding hydrogens is 276 g/mol. The van der Waals surface area contributed by atoms with Crippen LogP contribution in [0.2, 0.25) is 0 Å². The van der Waals surface area contributed by atoms with Gasteiger partial charge in [0.1, 0.15) is 11.4 Å². The highest BCUT2D eigenvalue weighted by atomic mass is 32.1. The number of rotatable bonds is 4. The summed E-state index contributed by atoms with van der Waals surface area (Å²) in [6, 6.07) is 8.31. The molecule has 1 atom stereocenters. The minimum atomic E-state index is 0.0701. The molecule has 0 fully saturated rings. The van der Waals surface area contributed by atoms with Crippen LogP contribution in [0.15, 0.2) is 35.8 Å². The summed E-state index contributed by atoms with van der Waals surface area (Å²) in [5, 5.41) is 5.46. The number of methoxy groups -OCH3 is 1. The van der Waals surface area contributed by atoms with Crippen LogP contribution in [0.5, 0.6) is 5.75 Å². The highest BCUT2D eigenvalue weighted by Crippen LogP contribution is 2.37. The van der Waals surface area contributed by atoms with Crippen molar-refractivity contribution in [2.75, 3.05) is 14.2 Å². The van der Waals surface area contributed by atoms with Crippen molar-refractivity contribution in [3.8, 4) is 5.75 Å². The first-order chi connectivity index (χ1) is 9.33. The molecule has 19 heavy (non-hydrogen) atoms. The highest BCUT2D eigenvalue weighted by Gasteiger charge is 2.20. The van der Waals surface area contributed by atoms with Crippen LogP contribution in [0.25, 0.3) is 9.40 Å². The predicted molar refractivity (Wildman–Crippen MR) is 81.4 cm³/mol. The van der Waals surface area contributed by atoms with Crippen LogP contribution in [0.1, 0.15) is 16.6 Å². The fourth-order valence-electron chi connectivity index (χ4n) is 2.13. The van der Waals surface area contributed by atoms with E-state index in [0.29, 0.717) is 0 Å². The van der Waals surface area contributed by atoms with Crippen LogP contribution in [-0.2, 0) is 0 Å². The maximum atomic E-state index is 5.41. The van der Waals surface area contributed by atoms with E-state index in [0.717, 1.165) is 11.4 Å². The Morgan fingerprint density at radius 2 is 2.21 bits per heavy atom. The average Bonchev–Trinajstić information content (AvgIpc) is 3.01. The monoisotopic (exact) mass is 290 g/mol. The number of hydrogen-bond donors (Lipinski definition) is 1. The summed E-state index contributed by atoms with van der Waals surface area (Å²) in [6.45, 7) is 0. The van der Waals surface area contributed by atoms with E-state index in [2.05, 4.69) is 27.8 Å². The molecule has 5 heteroatoms. The fraction of sp³-hybridized carbons (Fsp3) is 0.214. The lowest BCUT2D eigenvalue weighted by molar-refractivity contribution is 0.402. The Kier molecular flexibility index (Phi) is 3.50. The summed E-state index contributed by atoms with van der Waals surface area (Å²) in [5.74, 6) is 0.818. The van der Waals surface area contributed by atoms with Gasteiger partial charge in [-0.25, -0.2) is 0 Å². The van der Waals surface area contributed by atoms with Gasteiger partial charge in [0.2, 0.25) is 0 Å². The van der Waals surface area contributed by atoms with Crippen molar-refractivity contribution in [1.29, 1.82) is 0 Å². The summed E-state index contributed by atoms with van der Waals surface area (Å²) < 4.78 is 8.07. The van der Waals surface area contributed by atoms with Gasteiger partial charge in [0.25, 0.3) is 0 Å². The predicted octanol–water partition coefficient (Wildman–Crippen LogP) is 3.68. The van der Waals surface area contributed by atoms with E-state index in [4.69, 9.17) is 4.74 Å². The minimum absolute atomic E-state index is 0.0701. The van der Waals surface area contributed by atoms with Crippen molar-refractivity contribution in [2.24, 2.45) is 0 Å². The van der Waals surface area contributed by atoms with Crippen molar-refractivity contribution in [3.05, 3.63) is 46.4 Å². The Labute approximate surface area is 119 Å². The van der Waals surface area contributed by atoms with Gasteiger partial charge in [0.15, 0.2) is 0 Å². The van der Waals surface area contributed by atoms with Gasteiger partial charge < -0.3 is 10.1 Å². The van der Waals surface area contributed by atoms with Crippen LogP contribution in [0.4, 0.5) is 0 Å². The highest BCUT2D eigenvalue weighted by molar-refractivity contribution is 7.27. The second kappa shape index (κ2) is 5.28. The molecule has 3 heterocycles. The molecule has 0 amide bonds. The molecule has 0 bridgehead atoms. The summed E-state index contributed by atoms with van der Waals surface area (Å²) in [4.78, 5) is 5.74. The van der Waals surface area contributed by atoms with Gasteiger partial charge >= 0.3 is 0 Å². The summed E-state index contributed by atoms with van der Waals surface area (Å²) >= 11 is 3.58. The van der Waals surface area contributed by atoms with E-state index in [1.54, 1.807) is 36.0 Å². The molecule has 0 aliphatic carbocycles. The summed E-state index contributed by atoms with van der Waals surface area (Å²) in [5.41, 5.74) is 0.932. The fourth-order valence-corrected chi connectivity index (χ4v) is 4.37. The maximum absolute atomic E-state index is 5.41. The van der Waals surface area contributed by atoms with Gasteiger partial charge in [-0.05, 0) is 36.7 Å². The molecule has 0 aliphatic heterocycles. The van der Waals surface area contributed by atoms with E-state index in [1.165, 1.54) is 14.3 Å². The molecule has 0 radical (unpaired) electrons. The number of nitrogens with one attached hydrogen (secondary N) is 1. The van der Waals surface area contributed by atoms with Gasteiger partial charge in [-0.3, -0.25) is 4.98 Å². The molecule has 0 saturated heterocycles. The third kappa shape index (κ3) is 2.25. The van der Waals surface area contributed by atoms with Gasteiger partial charge in [0, 0.05) is 20.5 Å². The zero-order valence-corrected chi connectivity index (χ0v) is 12.3. The number of hydrogen-bond acceptors (Lipinski definition) is 5. The molecule has 0 aromatic carbocycles. The summed E-state index contributed by atoms with van der Waals surface area (Å²) in [7, 11) is 3.63. The van der Waals surface area contributed by atoms with Crippen molar-refractivity contribution < 1.29 is 4.74 Å². The molecular formula is C14H14N2OS2. The number of fused-ring (bicyclic) bond motifs is 1. The zero-order chi connectivity index (χ0) is 13.2. The SMILES string of the molecule is CNC(c1cc2sccc2s1)c1ncccc1OC. The lowest BCUT2D eigenvalue weighted by atomic mass is 10.1. The first-order valence-corrected chi connectivity index (χ1v) is 7.66. The second-order valence-corrected chi connectivity index (χ2v) is 6.17. The van der Waals surface area contributed by atoms with E-state index in [9.17, 15) is 0 Å². The van der Waals surface area contributed by atoms with Crippen LogP contribution in [0, 0.1) is 0 Å². The number of aromatic nitrogens is 1.